The molecule has 194 valence electrons. The number of carbonyl (C=O) groups is 1. The van der Waals surface area contributed by atoms with Gasteiger partial charge in [0.1, 0.15) is 0 Å². The van der Waals surface area contributed by atoms with Gasteiger partial charge >= 0.3 is 0 Å². The molecule has 0 radical (unpaired) electrons. The third kappa shape index (κ3) is 5.37. The fourth-order valence-corrected chi connectivity index (χ4v) is 5.37. The van der Waals surface area contributed by atoms with Crippen LogP contribution in [0.5, 0.6) is 0 Å². The third-order valence-corrected chi connectivity index (χ3v) is 7.47. The molecule has 1 amide bonds. The Morgan fingerprint density at radius 3 is 1.97 bits per heavy atom. The van der Waals surface area contributed by atoms with Crippen molar-refractivity contribution >= 4 is 17.5 Å². The van der Waals surface area contributed by atoms with Crippen molar-refractivity contribution in [2.24, 2.45) is 0 Å². The van der Waals surface area contributed by atoms with Crippen molar-refractivity contribution in [2.45, 2.75) is 6.04 Å². The standard InChI is InChI=1S/C33H28ClN3O2/c34-27-17-15-24(16-18-27)30-23-35-32(39-30)28-13-7-8-14-29(28)33(38)37-21-19-36(20-22-37)31(25-9-3-1-4-10-25)26-11-5-2-6-12-26/h1-18,23,31H,19-22H2. The van der Waals surface area contributed by atoms with E-state index in [0.29, 0.717) is 40.9 Å². The summed E-state index contributed by atoms with van der Waals surface area (Å²) < 4.78 is 6.09. The van der Waals surface area contributed by atoms with Gasteiger partial charge in [-0.15, -0.1) is 0 Å². The molecule has 1 aliphatic rings. The van der Waals surface area contributed by atoms with E-state index in [0.717, 1.165) is 18.7 Å². The number of hydrogen-bond donors (Lipinski definition) is 0. The predicted molar refractivity (Wildman–Crippen MR) is 155 cm³/mol. The van der Waals surface area contributed by atoms with E-state index < -0.39 is 0 Å². The maximum absolute atomic E-state index is 13.7. The van der Waals surface area contributed by atoms with E-state index in [2.05, 4.69) is 58.4 Å². The van der Waals surface area contributed by atoms with E-state index in [4.69, 9.17) is 16.0 Å². The smallest absolute Gasteiger partial charge is 0.254 e. The Balaban J connectivity index is 1.21. The van der Waals surface area contributed by atoms with E-state index in [1.165, 1.54) is 11.1 Å². The first-order valence-corrected chi connectivity index (χ1v) is 13.5. The van der Waals surface area contributed by atoms with Crippen LogP contribution in [0.1, 0.15) is 27.5 Å². The fourth-order valence-electron chi connectivity index (χ4n) is 5.24. The highest BCUT2D eigenvalue weighted by Gasteiger charge is 2.29. The molecule has 0 saturated carbocycles. The highest BCUT2D eigenvalue weighted by molar-refractivity contribution is 6.30. The first kappa shape index (κ1) is 25.1. The molecule has 6 heteroatoms. The molecule has 1 saturated heterocycles. The number of oxazole rings is 1. The van der Waals surface area contributed by atoms with Crippen LogP contribution in [0.15, 0.2) is 120 Å². The van der Waals surface area contributed by atoms with Gasteiger partial charge in [-0.1, -0.05) is 84.4 Å². The Morgan fingerprint density at radius 2 is 1.33 bits per heavy atom. The minimum absolute atomic E-state index is 0.00698. The number of amides is 1. The lowest BCUT2D eigenvalue weighted by molar-refractivity contribution is 0.0598. The number of hydrogen-bond acceptors (Lipinski definition) is 4. The molecule has 1 aromatic heterocycles. The molecule has 39 heavy (non-hydrogen) atoms. The zero-order chi connectivity index (χ0) is 26.6. The lowest BCUT2D eigenvalue weighted by Crippen LogP contribution is -2.50. The molecule has 0 aliphatic carbocycles. The van der Waals surface area contributed by atoms with Crippen LogP contribution in [-0.4, -0.2) is 46.9 Å². The summed E-state index contributed by atoms with van der Waals surface area (Å²) in [6.07, 6.45) is 1.69. The van der Waals surface area contributed by atoms with Gasteiger partial charge in [-0.3, -0.25) is 9.69 Å². The Hall–Kier alpha value is -4.19. The van der Waals surface area contributed by atoms with E-state index in [-0.39, 0.29) is 11.9 Å². The maximum atomic E-state index is 13.7. The quantitative estimate of drug-likeness (QED) is 0.231. The molecule has 5 nitrogen and oxygen atoms in total. The number of aromatic nitrogens is 1. The van der Waals surface area contributed by atoms with Crippen LogP contribution < -0.4 is 0 Å². The molecule has 0 unspecified atom stereocenters. The van der Waals surface area contributed by atoms with Gasteiger partial charge in [0.05, 0.1) is 17.8 Å². The van der Waals surface area contributed by atoms with Crippen LogP contribution in [0.4, 0.5) is 0 Å². The Kier molecular flexibility index (Phi) is 7.26. The van der Waals surface area contributed by atoms with Gasteiger partial charge in [0.2, 0.25) is 5.89 Å². The number of piperazine rings is 1. The molecule has 2 heterocycles. The number of nitrogens with zero attached hydrogens (tertiary/aromatic N) is 3. The molecule has 0 spiro atoms. The molecular weight excluding hydrogens is 506 g/mol. The number of halogens is 1. The number of rotatable bonds is 6. The van der Waals surface area contributed by atoms with Gasteiger partial charge in [-0.2, -0.15) is 0 Å². The van der Waals surface area contributed by atoms with Crippen LogP contribution in [-0.2, 0) is 0 Å². The van der Waals surface area contributed by atoms with Crippen LogP contribution in [0.2, 0.25) is 5.02 Å². The maximum Gasteiger partial charge on any atom is 0.254 e. The summed E-state index contributed by atoms with van der Waals surface area (Å²) in [5.74, 6) is 1.05. The molecule has 1 fully saturated rings. The largest absolute Gasteiger partial charge is 0.436 e. The van der Waals surface area contributed by atoms with Gasteiger partial charge in [0, 0.05) is 42.3 Å². The highest BCUT2D eigenvalue weighted by Crippen LogP contribution is 2.32. The Labute approximate surface area is 233 Å². The van der Waals surface area contributed by atoms with Crippen LogP contribution in [0.25, 0.3) is 22.8 Å². The first-order valence-electron chi connectivity index (χ1n) is 13.1. The lowest BCUT2D eigenvalue weighted by atomic mass is 9.96. The van der Waals surface area contributed by atoms with Gasteiger partial charge in [0.25, 0.3) is 5.91 Å². The van der Waals surface area contributed by atoms with Gasteiger partial charge in [-0.25, -0.2) is 4.98 Å². The zero-order valence-electron chi connectivity index (χ0n) is 21.4. The monoisotopic (exact) mass is 533 g/mol. The molecule has 4 aromatic carbocycles. The summed E-state index contributed by atoms with van der Waals surface area (Å²) in [6, 6.07) is 36.3. The zero-order valence-corrected chi connectivity index (χ0v) is 22.2. The van der Waals surface area contributed by atoms with Crippen molar-refractivity contribution < 1.29 is 9.21 Å². The summed E-state index contributed by atoms with van der Waals surface area (Å²) in [5.41, 5.74) is 4.68. The summed E-state index contributed by atoms with van der Waals surface area (Å²) in [4.78, 5) is 22.6. The van der Waals surface area contributed by atoms with E-state index in [1.807, 2.05) is 65.6 Å². The highest BCUT2D eigenvalue weighted by atomic mass is 35.5. The van der Waals surface area contributed by atoms with Crippen molar-refractivity contribution in [2.75, 3.05) is 26.2 Å². The summed E-state index contributed by atoms with van der Waals surface area (Å²) in [5, 5.41) is 0.661. The van der Waals surface area contributed by atoms with Gasteiger partial charge < -0.3 is 9.32 Å². The van der Waals surface area contributed by atoms with Gasteiger partial charge in [0.15, 0.2) is 5.76 Å². The van der Waals surface area contributed by atoms with Gasteiger partial charge in [-0.05, 0) is 47.5 Å². The second kappa shape index (κ2) is 11.3. The fraction of sp³-hybridized carbons (Fsp3) is 0.152. The first-order chi connectivity index (χ1) is 19.2. The van der Waals surface area contributed by atoms with Crippen molar-refractivity contribution in [3.63, 3.8) is 0 Å². The minimum Gasteiger partial charge on any atom is -0.436 e. The summed E-state index contributed by atoms with van der Waals surface area (Å²) >= 11 is 6.03. The van der Waals surface area contributed by atoms with E-state index in [1.54, 1.807) is 6.20 Å². The molecule has 0 atom stereocenters. The third-order valence-electron chi connectivity index (χ3n) is 7.22. The van der Waals surface area contributed by atoms with Crippen molar-refractivity contribution in [3.05, 3.63) is 137 Å². The Bertz CT molecular complexity index is 1500. The molecule has 6 rings (SSSR count). The molecule has 0 N–H and O–H groups in total. The number of carbonyl (C=O) groups excluding carboxylic acids is 1. The topological polar surface area (TPSA) is 49.6 Å². The average Bonchev–Trinajstić information content (AvgIpc) is 3.49. The second-order valence-corrected chi connectivity index (χ2v) is 10.1. The lowest BCUT2D eigenvalue weighted by Gasteiger charge is -2.40. The normalized spacial score (nSPS) is 14.1. The van der Waals surface area contributed by atoms with Crippen molar-refractivity contribution in [1.82, 2.24) is 14.8 Å². The average molecular weight is 534 g/mol. The molecule has 1 aliphatic heterocycles. The van der Waals surface area contributed by atoms with E-state index in [9.17, 15) is 4.79 Å². The molecule has 0 bridgehead atoms. The van der Waals surface area contributed by atoms with E-state index >= 15 is 0 Å². The van der Waals surface area contributed by atoms with Crippen molar-refractivity contribution in [3.8, 4) is 22.8 Å². The summed E-state index contributed by atoms with van der Waals surface area (Å²) in [7, 11) is 0. The van der Waals surface area contributed by atoms with Crippen LogP contribution >= 0.6 is 11.6 Å². The molecule has 5 aromatic rings. The van der Waals surface area contributed by atoms with Crippen LogP contribution in [0, 0.1) is 0 Å². The number of benzene rings is 4. The van der Waals surface area contributed by atoms with Crippen LogP contribution in [0.3, 0.4) is 0 Å². The predicted octanol–water partition coefficient (Wildman–Crippen LogP) is 7.21. The SMILES string of the molecule is O=C(c1ccccc1-c1ncc(-c2ccc(Cl)cc2)o1)N1CCN(C(c2ccccc2)c2ccccc2)CC1. The molecular formula is C33H28ClN3O2. The minimum atomic E-state index is -0.00698. The van der Waals surface area contributed by atoms with Crippen molar-refractivity contribution in [1.29, 1.82) is 0 Å². The second-order valence-electron chi connectivity index (χ2n) is 9.63. The Morgan fingerprint density at radius 1 is 0.744 bits per heavy atom. The summed E-state index contributed by atoms with van der Waals surface area (Å²) in [6.45, 7) is 2.85.